The van der Waals surface area contributed by atoms with E-state index < -0.39 is 5.91 Å². The molecule has 0 unspecified atom stereocenters. The Morgan fingerprint density at radius 3 is 2.95 bits per heavy atom. The van der Waals surface area contributed by atoms with E-state index in [0.29, 0.717) is 27.7 Å². The third-order valence-electron chi connectivity index (χ3n) is 2.46. The molecular formula is C12H12FN3O2S. The summed E-state index contributed by atoms with van der Waals surface area (Å²) in [5.74, 6) is 5.07. The summed E-state index contributed by atoms with van der Waals surface area (Å²) in [7, 11) is 0. The van der Waals surface area contributed by atoms with E-state index in [0.717, 1.165) is 0 Å². The lowest BCUT2D eigenvalue weighted by atomic mass is 10.2. The Kier molecular flexibility index (Phi) is 4.08. The lowest BCUT2D eigenvalue weighted by molar-refractivity contribution is 0.0952. The molecule has 1 heterocycles. The zero-order valence-electron chi connectivity index (χ0n) is 9.85. The second-order valence-electron chi connectivity index (χ2n) is 3.70. The van der Waals surface area contributed by atoms with Crippen LogP contribution in [-0.2, 0) is 5.75 Å². The van der Waals surface area contributed by atoms with Gasteiger partial charge in [0.2, 0.25) is 0 Å². The number of anilines is 1. The van der Waals surface area contributed by atoms with Crippen LogP contribution < -0.4 is 17.0 Å². The predicted molar refractivity (Wildman–Crippen MR) is 70.7 cm³/mol. The molecule has 5 nitrogen and oxygen atoms in total. The number of nitrogens with one attached hydrogen (secondary N) is 1. The fourth-order valence-corrected chi connectivity index (χ4v) is 2.45. The molecule has 2 rings (SSSR count). The molecule has 0 saturated heterocycles. The van der Waals surface area contributed by atoms with Crippen molar-refractivity contribution < 1.29 is 13.6 Å². The van der Waals surface area contributed by atoms with E-state index in [1.165, 1.54) is 42.3 Å². The number of nitrogens with two attached hydrogens (primary N) is 2. The quantitative estimate of drug-likeness (QED) is 0.261. The maximum Gasteiger partial charge on any atom is 0.268 e. The van der Waals surface area contributed by atoms with Crippen LogP contribution in [0.1, 0.15) is 16.1 Å². The summed E-state index contributed by atoms with van der Waals surface area (Å²) >= 11 is 1.28. The van der Waals surface area contributed by atoms with E-state index in [-0.39, 0.29) is 5.82 Å². The smallest absolute Gasteiger partial charge is 0.268 e. The summed E-state index contributed by atoms with van der Waals surface area (Å²) in [6, 6.07) is 5.64. The van der Waals surface area contributed by atoms with Crippen molar-refractivity contribution in [3.63, 3.8) is 0 Å². The summed E-state index contributed by atoms with van der Waals surface area (Å²) < 4.78 is 18.3. The van der Waals surface area contributed by atoms with E-state index in [4.69, 9.17) is 16.0 Å². The van der Waals surface area contributed by atoms with Gasteiger partial charge < -0.3 is 10.2 Å². The van der Waals surface area contributed by atoms with E-state index in [9.17, 15) is 9.18 Å². The largest absolute Gasteiger partial charge is 0.468 e. The summed E-state index contributed by atoms with van der Waals surface area (Å²) in [6.45, 7) is 0. The molecule has 0 aliphatic rings. The number of carbonyl (C=O) groups is 1. The molecule has 1 amide bonds. The van der Waals surface area contributed by atoms with Gasteiger partial charge in [-0.1, -0.05) is 0 Å². The number of amides is 1. The molecule has 0 bridgehead atoms. The monoisotopic (exact) mass is 281 g/mol. The maximum atomic E-state index is 13.1. The van der Waals surface area contributed by atoms with Crippen LogP contribution in [0.4, 0.5) is 10.1 Å². The van der Waals surface area contributed by atoms with E-state index >= 15 is 0 Å². The average molecular weight is 281 g/mol. The van der Waals surface area contributed by atoms with Gasteiger partial charge in [-0.25, -0.2) is 10.2 Å². The highest BCUT2D eigenvalue weighted by molar-refractivity contribution is 7.98. The molecule has 1 aromatic carbocycles. The minimum absolute atomic E-state index is 0.351. The van der Waals surface area contributed by atoms with Crippen LogP contribution in [0.2, 0.25) is 0 Å². The molecule has 1 aromatic heterocycles. The highest BCUT2D eigenvalue weighted by Gasteiger charge is 2.14. The van der Waals surface area contributed by atoms with E-state index in [2.05, 4.69) is 0 Å². The van der Waals surface area contributed by atoms with Crippen molar-refractivity contribution in [3.05, 3.63) is 47.7 Å². The number of hydrogen-bond donors (Lipinski definition) is 3. The minimum atomic E-state index is -0.434. The van der Waals surface area contributed by atoms with Gasteiger partial charge in [-0.05, 0) is 24.3 Å². The molecule has 19 heavy (non-hydrogen) atoms. The second kappa shape index (κ2) is 5.77. The molecule has 7 heteroatoms. The summed E-state index contributed by atoms with van der Waals surface area (Å²) in [5, 5.41) is 0. The topological polar surface area (TPSA) is 94.3 Å². The van der Waals surface area contributed by atoms with Crippen molar-refractivity contribution in [1.82, 2.24) is 5.43 Å². The van der Waals surface area contributed by atoms with Crippen LogP contribution >= 0.6 is 11.8 Å². The Labute approximate surface area is 113 Å². The van der Waals surface area contributed by atoms with Crippen molar-refractivity contribution in [2.75, 3.05) is 5.73 Å². The number of hydrazine groups is 1. The van der Waals surface area contributed by atoms with Crippen molar-refractivity contribution in [2.24, 2.45) is 5.84 Å². The summed E-state index contributed by atoms with van der Waals surface area (Å²) in [4.78, 5) is 12.0. The number of carbonyl (C=O) groups excluding carboxylic acids is 1. The van der Waals surface area contributed by atoms with Gasteiger partial charge in [-0.2, -0.15) is 0 Å². The summed E-state index contributed by atoms with van der Waals surface area (Å²) in [5.41, 5.74) is 8.60. The Morgan fingerprint density at radius 1 is 1.42 bits per heavy atom. The summed E-state index contributed by atoms with van der Waals surface area (Å²) in [6.07, 6.45) is 1.40. The number of halogens is 1. The number of benzene rings is 1. The molecule has 100 valence electrons. The molecule has 0 atom stereocenters. The second-order valence-corrected chi connectivity index (χ2v) is 4.72. The first-order valence-corrected chi connectivity index (χ1v) is 6.35. The fourth-order valence-electron chi connectivity index (χ4n) is 1.51. The van der Waals surface area contributed by atoms with Crippen LogP contribution in [-0.4, -0.2) is 5.91 Å². The van der Waals surface area contributed by atoms with Crippen molar-refractivity contribution >= 4 is 23.4 Å². The Hall–Kier alpha value is -1.99. The molecule has 0 aliphatic carbocycles. The standard InChI is InChI=1S/C12H12FN3O2S/c13-7-1-2-9(14)11(5-7)19-6-10-8(3-4-18-10)12(17)16-15/h1-5H,6,14-15H2,(H,16,17). The molecule has 0 fully saturated rings. The van der Waals surface area contributed by atoms with Crippen LogP contribution in [0.3, 0.4) is 0 Å². The van der Waals surface area contributed by atoms with Crippen LogP contribution in [0, 0.1) is 5.82 Å². The maximum absolute atomic E-state index is 13.1. The van der Waals surface area contributed by atoms with Gasteiger partial charge >= 0.3 is 0 Å². The van der Waals surface area contributed by atoms with Crippen LogP contribution in [0.15, 0.2) is 39.8 Å². The fraction of sp³-hybridized carbons (Fsp3) is 0.0833. The highest BCUT2D eigenvalue weighted by atomic mass is 32.2. The van der Waals surface area contributed by atoms with Gasteiger partial charge in [0.05, 0.1) is 17.6 Å². The number of thioether (sulfide) groups is 1. The SMILES string of the molecule is NNC(=O)c1ccoc1CSc1cc(F)ccc1N. The lowest BCUT2D eigenvalue weighted by Crippen LogP contribution is -2.30. The van der Waals surface area contributed by atoms with Crippen LogP contribution in [0.5, 0.6) is 0 Å². The zero-order chi connectivity index (χ0) is 13.8. The van der Waals surface area contributed by atoms with Gasteiger partial charge in [0, 0.05) is 10.6 Å². The first-order valence-electron chi connectivity index (χ1n) is 5.37. The van der Waals surface area contributed by atoms with Crippen molar-refractivity contribution in [2.45, 2.75) is 10.6 Å². The third kappa shape index (κ3) is 3.07. The predicted octanol–water partition coefficient (Wildman–Crippen LogP) is 1.90. The Morgan fingerprint density at radius 2 is 2.21 bits per heavy atom. The molecule has 0 aliphatic heterocycles. The first kappa shape index (κ1) is 13.4. The third-order valence-corrected chi connectivity index (χ3v) is 3.53. The number of rotatable bonds is 4. The van der Waals surface area contributed by atoms with E-state index in [1.54, 1.807) is 0 Å². The van der Waals surface area contributed by atoms with Gasteiger partial charge in [0.1, 0.15) is 11.6 Å². The molecule has 0 radical (unpaired) electrons. The van der Waals surface area contributed by atoms with E-state index in [1.807, 2.05) is 5.43 Å². The average Bonchev–Trinajstić information content (AvgIpc) is 2.87. The van der Waals surface area contributed by atoms with Gasteiger partial charge in [-0.15, -0.1) is 11.8 Å². The first-order chi connectivity index (χ1) is 9.11. The number of hydrogen-bond acceptors (Lipinski definition) is 5. The highest BCUT2D eigenvalue weighted by Crippen LogP contribution is 2.30. The number of furan rings is 1. The number of nitrogen functional groups attached to an aromatic ring is 2. The van der Waals surface area contributed by atoms with Gasteiger partial charge in [-0.3, -0.25) is 10.2 Å². The Balaban J connectivity index is 2.13. The van der Waals surface area contributed by atoms with Gasteiger partial charge in [0.25, 0.3) is 5.91 Å². The molecule has 2 aromatic rings. The normalized spacial score (nSPS) is 10.4. The van der Waals surface area contributed by atoms with Gasteiger partial charge in [0.15, 0.2) is 0 Å². The molecule has 0 spiro atoms. The Bertz CT molecular complexity index is 600. The lowest BCUT2D eigenvalue weighted by Gasteiger charge is -2.05. The molecule has 0 saturated carbocycles. The molecule has 5 N–H and O–H groups in total. The van der Waals surface area contributed by atoms with Crippen LogP contribution in [0.25, 0.3) is 0 Å². The van der Waals surface area contributed by atoms with Crippen molar-refractivity contribution in [3.8, 4) is 0 Å². The minimum Gasteiger partial charge on any atom is -0.468 e. The molecular weight excluding hydrogens is 269 g/mol. The van der Waals surface area contributed by atoms with Crippen molar-refractivity contribution in [1.29, 1.82) is 0 Å². The zero-order valence-corrected chi connectivity index (χ0v) is 10.7.